The first kappa shape index (κ1) is 24.9. The van der Waals surface area contributed by atoms with Crippen LogP contribution in [0.4, 0.5) is 13.2 Å². The molecule has 1 atom stereocenters. The lowest BCUT2D eigenvalue weighted by atomic mass is 9.73. The lowest BCUT2D eigenvalue weighted by Crippen LogP contribution is -2.21. The van der Waals surface area contributed by atoms with E-state index in [0.717, 1.165) is 25.7 Å². The second-order valence-electron chi connectivity index (χ2n) is 9.45. The maximum Gasteiger partial charge on any atom is 0.522 e. The molecule has 0 heterocycles. The Morgan fingerprint density at radius 3 is 2.15 bits per heavy atom. The number of rotatable bonds is 2. The average Bonchev–Trinajstić information content (AvgIpc) is 3.17. The van der Waals surface area contributed by atoms with Gasteiger partial charge in [0.05, 0.1) is 0 Å². The highest BCUT2D eigenvalue weighted by molar-refractivity contribution is 7.86. The number of hydrogen-bond acceptors (Lipinski definition) is 3. The normalized spacial score (nSPS) is 20.8. The van der Waals surface area contributed by atoms with Crippen LogP contribution in [0.3, 0.4) is 0 Å². The summed E-state index contributed by atoms with van der Waals surface area (Å²) in [7, 11) is -5.84. The number of carbonyl (C=O) groups is 1. The molecule has 2 aromatic carbocycles. The van der Waals surface area contributed by atoms with E-state index in [4.69, 9.17) is 13.0 Å². The number of hydrogen-bond donors (Lipinski definition) is 1. The molecule has 1 N–H and O–H groups in total. The molecular weight excluding hydrogens is 465 g/mol. The number of carbonyl (C=O) groups excluding carboxylic acids is 1. The van der Waals surface area contributed by atoms with E-state index in [2.05, 4.69) is 36.4 Å². The van der Waals surface area contributed by atoms with Crippen LogP contribution in [0.1, 0.15) is 91.9 Å². The minimum atomic E-state index is -5.84. The van der Waals surface area contributed by atoms with E-state index in [1.54, 1.807) is 0 Å². The molecular formula is C26H29F3O4S. The Hall–Kier alpha value is -2.19. The number of halogens is 3. The third-order valence-corrected chi connectivity index (χ3v) is 7.89. The summed E-state index contributed by atoms with van der Waals surface area (Å²) in [6.07, 6.45) is 11.8. The van der Waals surface area contributed by atoms with Gasteiger partial charge in [-0.25, -0.2) is 0 Å². The number of fused-ring (bicyclic) bond motifs is 3. The smallest absolute Gasteiger partial charge is 0.299 e. The summed E-state index contributed by atoms with van der Waals surface area (Å²) < 4.78 is 57.5. The lowest BCUT2D eigenvalue weighted by molar-refractivity contribution is -0.121. The maximum absolute atomic E-state index is 12.9. The van der Waals surface area contributed by atoms with Gasteiger partial charge in [0.15, 0.2) is 0 Å². The highest BCUT2D eigenvalue weighted by Gasteiger charge is 2.44. The number of Topliss-reactive ketones (excluding diaryl/α,β-unsaturated/α-hetero) is 1. The summed E-state index contributed by atoms with van der Waals surface area (Å²) in [4.78, 5) is 12.9. The predicted octanol–water partition coefficient (Wildman–Crippen LogP) is 6.93. The highest BCUT2D eigenvalue weighted by Crippen LogP contribution is 2.47. The van der Waals surface area contributed by atoms with E-state index in [1.807, 2.05) is 0 Å². The molecule has 0 amide bonds. The van der Waals surface area contributed by atoms with Crippen LogP contribution >= 0.6 is 0 Å². The first-order chi connectivity index (χ1) is 16.1. The summed E-state index contributed by atoms with van der Waals surface area (Å²) in [5, 5.41) is 0. The maximum atomic E-state index is 12.9. The van der Waals surface area contributed by atoms with Crippen molar-refractivity contribution in [1.29, 1.82) is 0 Å². The van der Waals surface area contributed by atoms with Gasteiger partial charge < -0.3 is 0 Å². The van der Waals surface area contributed by atoms with Gasteiger partial charge in [0.25, 0.3) is 0 Å². The first-order valence-electron chi connectivity index (χ1n) is 11.9. The summed E-state index contributed by atoms with van der Waals surface area (Å²) in [5.74, 6) is 1.32. The van der Waals surface area contributed by atoms with Crippen LogP contribution in [0.5, 0.6) is 0 Å². The molecule has 2 aromatic rings. The van der Waals surface area contributed by atoms with Crippen molar-refractivity contribution >= 4 is 15.9 Å². The Morgan fingerprint density at radius 2 is 1.50 bits per heavy atom. The minimum absolute atomic E-state index is 0.157. The summed E-state index contributed by atoms with van der Waals surface area (Å²) >= 11 is 0. The molecule has 2 fully saturated rings. The molecule has 4 nitrogen and oxygen atoms in total. The van der Waals surface area contributed by atoms with Gasteiger partial charge in [0, 0.05) is 12.3 Å². The minimum Gasteiger partial charge on any atom is -0.299 e. The highest BCUT2D eigenvalue weighted by atomic mass is 32.2. The van der Waals surface area contributed by atoms with Gasteiger partial charge in [-0.15, -0.1) is 0 Å². The molecule has 0 spiro atoms. The van der Waals surface area contributed by atoms with Crippen molar-refractivity contribution in [2.75, 3.05) is 0 Å². The molecule has 2 saturated carbocycles. The van der Waals surface area contributed by atoms with E-state index in [1.165, 1.54) is 71.9 Å². The number of ketones is 1. The van der Waals surface area contributed by atoms with Crippen molar-refractivity contribution in [3.05, 3.63) is 58.7 Å². The summed E-state index contributed by atoms with van der Waals surface area (Å²) in [6, 6.07) is 13.6. The SMILES string of the molecule is O=C1CCCCC1c1c(C2CCCCC2)ccc2c1Cc1ccccc1-2.O=S(=O)(O)C(F)(F)F. The van der Waals surface area contributed by atoms with Gasteiger partial charge in [-0.05, 0) is 71.4 Å². The average molecular weight is 495 g/mol. The van der Waals surface area contributed by atoms with Crippen molar-refractivity contribution in [2.24, 2.45) is 0 Å². The molecule has 34 heavy (non-hydrogen) atoms. The lowest BCUT2D eigenvalue weighted by Gasteiger charge is -2.31. The number of alkyl halides is 3. The monoisotopic (exact) mass is 494 g/mol. The fourth-order valence-electron chi connectivity index (χ4n) is 5.72. The van der Waals surface area contributed by atoms with Crippen molar-refractivity contribution in [3.8, 4) is 11.1 Å². The second-order valence-corrected chi connectivity index (χ2v) is 10.9. The Labute approximate surface area is 198 Å². The van der Waals surface area contributed by atoms with Gasteiger partial charge in [-0.1, -0.05) is 62.1 Å². The van der Waals surface area contributed by atoms with E-state index in [0.29, 0.717) is 11.7 Å². The fourth-order valence-corrected chi connectivity index (χ4v) is 5.72. The zero-order valence-corrected chi connectivity index (χ0v) is 19.7. The zero-order valence-electron chi connectivity index (χ0n) is 18.9. The third-order valence-electron chi connectivity index (χ3n) is 7.31. The quantitative estimate of drug-likeness (QED) is 0.310. The van der Waals surface area contributed by atoms with Crippen molar-refractivity contribution in [1.82, 2.24) is 0 Å². The van der Waals surface area contributed by atoms with E-state index >= 15 is 0 Å². The molecule has 3 aliphatic carbocycles. The Balaban J connectivity index is 0.000000297. The Morgan fingerprint density at radius 1 is 0.853 bits per heavy atom. The third kappa shape index (κ3) is 5.08. The summed E-state index contributed by atoms with van der Waals surface area (Å²) in [5.41, 5.74) is 3.15. The van der Waals surface area contributed by atoms with Crippen LogP contribution < -0.4 is 0 Å². The van der Waals surface area contributed by atoms with Crippen LogP contribution in [0, 0.1) is 0 Å². The number of benzene rings is 2. The molecule has 3 aliphatic rings. The van der Waals surface area contributed by atoms with Gasteiger partial charge in [-0.2, -0.15) is 21.6 Å². The Bertz CT molecular complexity index is 1170. The molecule has 1 unspecified atom stereocenters. The molecule has 0 saturated heterocycles. The molecule has 8 heteroatoms. The molecule has 184 valence electrons. The zero-order chi connectivity index (χ0) is 24.5. The molecule has 0 aliphatic heterocycles. The van der Waals surface area contributed by atoms with Crippen molar-refractivity contribution < 1.29 is 30.9 Å². The van der Waals surface area contributed by atoms with E-state index in [-0.39, 0.29) is 5.92 Å². The van der Waals surface area contributed by atoms with Crippen LogP contribution in [-0.2, 0) is 21.3 Å². The Kier molecular flexibility index (Phi) is 7.20. The van der Waals surface area contributed by atoms with Gasteiger partial charge in [0.2, 0.25) is 0 Å². The van der Waals surface area contributed by atoms with Gasteiger partial charge in [-0.3, -0.25) is 9.35 Å². The standard InChI is InChI=1S/C25H28O.CHF3O3S/c26-24-13-7-6-12-22(24)25-20(17-8-2-1-3-9-17)14-15-21-19-11-5-4-10-18(19)16-23(21)25;2-1(3,4)8(5,6)7/h4-5,10-11,14-15,17,22H,1-3,6-9,12-13,16H2;(H,5,6,7). The topological polar surface area (TPSA) is 71.4 Å². The molecule has 0 aromatic heterocycles. The summed E-state index contributed by atoms with van der Waals surface area (Å²) in [6.45, 7) is 0. The fraction of sp³-hybridized carbons (Fsp3) is 0.500. The van der Waals surface area contributed by atoms with Crippen LogP contribution in [-0.4, -0.2) is 24.3 Å². The molecule has 0 bridgehead atoms. The van der Waals surface area contributed by atoms with Crippen molar-refractivity contribution in [3.63, 3.8) is 0 Å². The molecule has 0 radical (unpaired) electrons. The van der Waals surface area contributed by atoms with Crippen LogP contribution in [0.25, 0.3) is 11.1 Å². The second kappa shape index (κ2) is 9.82. The molecule has 5 rings (SSSR count). The van der Waals surface area contributed by atoms with Crippen molar-refractivity contribution in [2.45, 2.75) is 81.6 Å². The predicted molar refractivity (Wildman–Crippen MR) is 124 cm³/mol. The van der Waals surface area contributed by atoms with E-state index in [9.17, 15) is 18.0 Å². The first-order valence-corrected chi connectivity index (χ1v) is 13.3. The largest absolute Gasteiger partial charge is 0.522 e. The van der Waals surface area contributed by atoms with E-state index < -0.39 is 15.6 Å². The van der Waals surface area contributed by atoms with Crippen LogP contribution in [0.2, 0.25) is 0 Å². The van der Waals surface area contributed by atoms with Crippen LogP contribution in [0.15, 0.2) is 36.4 Å². The van der Waals surface area contributed by atoms with Gasteiger partial charge >= 0.3 is 15.6 Å². The van der Waals surface area contributed by atoms with Gasteiger partial charge in [0.1, 0.15) is 5.78 Å².